The van der Waals surface area contributed by atoms with Crippen molar-refractivity contribution in [2.45, 2.75) is 26.4 Å². The molecular formula is C32H38N6O5S. The normalized spacial score (nSPS) is 14.4. The molecule has 2 aromatic carbocycles. The molecule has 3 aromatic rings. The number of anilines is 2. The summed E-state index contributed by atoms with van der Waals surface area (Å²) in [5.41, 5.74) is 4.75. The molecule has 1 aliphatic rings. The molecule has 0 saturated carbocycles. The summed E-state index contributed by atoms with van der Waals surface area (Å²) in [4.78, 5) is 32.4. The molecule has 2 heterocycles. The van der Waals surface area contributed by atoms with Crippen LogP contribution in [0.4, 0.5) is 11.4 Å². The van der Waals surface area contributed by atoms with E-state index in [0.29, 0.717) is 25.2 Å². The molecule has 1 aliphatic heterocycles. The second-order valence-electron chi connectivity index (χ2n) is 11.0. The van der Waals surface area contributed by atoms with Crippen LogP contribution in [0.2, 0.25) is 0 Å². The van der Waals surface area contributed by atoms with Gasteiger partial charge in [-0.25, -0.2) is 0 Å². The van der Waals surface area contributed by atoms with Crippen LogP contribution in [0.15, 0.2) is 66.9 Å². The summed E-state index contributed by atoms with van der Waals surface area (Å²) in [6, 6.07) is 17.8. The van der Waals surface area contributed by atoms with Gasteiger partial charge < -0.3 is 20.2 Å². The first-order chi connectivity index (χ1) is 20.9. The fourth-order valence-corrected chi connectivity index (χ4v) is 6.10. The van der Waals surface area contributed by atoms with Gasteiger partial charge in [-0.1, -0.05) is 37.8 Å². The van der Waals surface area contributed by atoms with Gasteiger partial charge in [0.2, 0.25) is 0 Å². The molecular weight excluding hydrogens is 580 g/mol. The summed E-state index contributed by atoms with van der Waals surface area (Å²) in [7, 11) is 0.0311. The highest BCUT2D eigenvalue weighted by molar-refractivity contribution is 7.87. The lowest BCUT2D eigenvalue weighted by Gasteiger charge is -2.36. The zero-order valence-electron chi connectivity index (χ0n) is 25.3. The van der Waals surface area contributed by atoms with Gasteiger partial charge in [0.05, 0.1) is 0 Å². The number of amides is 1. The third-order valence-electron chi connectivity index (χ3n) is 7.27. The van der Waals surface area contributed by atoms with Crippen molar-refractivity contribution in [3.63, 3.8) is 0 Å². The zero-order chi connectivity index (χ0) is 31.9. The van der Waals surface area contributed by atoms with E-state index in [-0.39, 0.29) is 30.6 Å². The minimum absolute atomic E-state index is 0.238. The number of hydrogen-bond donors (Lipinski definition) is 3. The second-order valence-corrected chi connectivity index (χ2v) is 12.7. The number of carboxylic acid groups (broad SMARTS) is 1. The molecule has 232 valence electrons. The minimum atomic E-state index is -3.92. The van der Waals surface area contributed by atoms with E-state index in [1.807, 2.05) is 67.5 Å². The Kier molecular flexibility index (Phi) is 10.6. The largest absolute Gasteiger partial charge is 0.480 e. The van der Waals surface area contributed by atoms with Crippen molar-refractivity contribution in [2.24, 2.45) is 5.92 Å². The Labute approximate surface area is 259 Å². The summed E-state index contributed by atoms with van der Waals surface area (Å²) < 4.78 is 29.1. The number of pyridine rings is 1. The first kappa shape index (κ1) is 32.5. The number of carbonyl (C=O) groups excluding carboxylic acids is 1. The maximum atomic E-state index is 12.8. The van der Waals surface area contributed by atoms with Crippen molar-refractivity contribution >= 4 is 33.5 Å². The first-order valence-corrected chi connectivity index (χ1v) is 15.7. The van der Waals surface area contributed by atoms with Gasteiger partial charge in [0.15, 0.2) is 0 Å². The quantitative estimate of drug-likeness (QED) is 0.295. The Morgan fingerprint density at radius 1 is 0.955 bits per heavy atom. The second kappa shape index (κ2) is 14.4. The Balaban J connectivity index is 1.31. The third kappa shape index (κ3) is 8.57. The van der Waals surface area contributed by atoms with Gasteiger partial charge in [-0.2, -0.15) is 17.4 Å². The minimum Gasteiger partial charge on any atom is -0.480 e. The number of carboxylic acids is 1. The van der Waals surface area contributed by atoms with E-state index in [2.05, 4.69) is 31.8 Å². The molecule has 11 nitrogen and oxygen atoms in total. The zero-order valence-corrected chi connectivity index (χ0v) is 26.1. The standard InChI is InChI=1S/C32H38N6O5S/c1-23(2)30(32(40)41)35-44(42,43)38-19-17-37(18-20-38)28-13-7-24(8-14-28)5-6-25-15-16-33-29(21-25)31(39)34-22-26-9-11-27(12-10-26)36(3)4/h7-16,21,23,30,35H,17-20,22H2,1-4H3,(H,34,39)(H,40,41)/t30-/m1/s1. The summed E-state index contributed by atoms with van der Waals surface area (Å²) in [5, 5.41) is 12.2. The predicted molar refractivity (Wildman–Crippen MR) is 171 cm³/mol. The van der Waals surface area contributed by atoms with Crippen LogP contribution >= 0.6 is 0 Å². The number of piperazine rings is 1. The molecule has 3 N–H and O–H groups in total. The van der Waals surface area contributed by atoms with Crippen molar-refractivity contribution in [3.8, 4) is 11.8 Å². The van der Waals surface area contributed by atoms with E-state index in [4.69, 9.17) is 0 Å². The van der Waals surface area contributed by atoms with Crippen LogP contribution in [-0.4, -0.2) is 81.0 Å². The number of nitrogens with one attached hydrogen (secondary N) is 2. The van der Waals surface area contributed by atoms with Gasteiger partial charge in [-0.3, -0.25) is 14.6 Å². The monoisotopic (exact) mass is 618 g/mol. The number of hydrogen-bond acceptors (Lipinski definition) is 7. The average molecular weight is 619 g/mol. The van der Waals surface area contributed by atoms with Crippen LogP contribution in [0.5, 0.6) is 0 Å². The number of benzene rings is 2. The lowest BCUT2D eigenvalue weighted by molar-refractivity contribution is -0.140. The lowest BCUT2D eigenvalue weighted by atomic mass is 10.1. The van der Waals surface area contributed by atoms with Crippen molar-refractivity contribution in [1.82, 2.24) is 19.3 Å². The van der Waals surface area contributed by atoms with Crippen LogP contribution in [0.1, 0.15) is 41.0 Å². The smallest absolute Gasteiger partial charge is 0.322 e. The predicted octanol–water partition coefficient (Wildman–Crippen LogP) is 2.54. The molecule has 1 amide bonds. The van der Waals surface area contributed by atoms with Gasteiger partial charge in [0.25, 0.3) is 16.1 Å². The van der Waals surface area contributed by atoms with Gasteiger partial charge in [0.1, 0.15) is 11.7 Å². The van der Waals surface area contributed by atoms with Crippen LogP contribution in [0.3, 0.4) is 0 Å². The van der Waals surface area contributed by atoms with Crippen molar-refractivity contribution < 1.29 is 23.1 Å². The lowest BCUT2D eigenvalue weighted by Crippen LogP contribution is -2.55. The number of rotatable bonds is 10. The van der Waals surface area contributed by atoms with Crippen molar-refractivity contribution in [3.05, 3.63) is 89.2 Å². The van der Waals surface area contributed by atoms with Crippen molar-refractivity contribution in [1.29, 1.82) is 0 Å². The Hall–Kier alpha value is -4.44. The summed E-state index contributed by atoms with van der Waals surface area (Å²) >= 11 is 0. The maximum absolute atomic E-state index is 12.8. The van der Waals surface area contributed by atoms with E-state index in [1.165, 1.54) is 4.31 Å². The molecule has 1 atom stereocenters. The van der Waals surface area contributed by atoms with Crippen LogP contribution in [0.25, 0.3) is 0 Å². The van der Waals surface area contributed by atoms with E-state index in [1.54, 1.807) is 32.2 Å². The fraction of sp³-hybridized carbons (Fsp3) is 0.344. The van der Waals surface area contributed by atoms with E-state index in [0.717, 1.165) is 22.5 Å². The number of aromatic nitrogens is 1. The number of carbonyl (C=O) groups is 2. The number of aliphatic carboxylic acids is 1. The third-order valence-corrected chi connectivity index (χ3v) is 8.87. The SMILES string of the molecule is CC(C)[C@@H](NS(=O)(=O)N1CCN(c2ccc(C#Cc3ccnc(C(=O)NCc4ccc(N(C)C)cc4)c3)cc2)CC1)C(=O)O. The summed E-state index contributed by atoms with van der Waals surface area (Å²) in [6.45, 7) is 5.12. The van der Waals surface area contributed by atoms with Crippen LogP contribution in [-0.2, 0) is 21.5 Å². The van der Waals surface area contributed by atoms with Crippen molar-refractivity contribution in [2.75, 3.05) is 50.1 Å². The van der Waals surface area contributed by atoms with Gasteiger partial charge in [0, 0.05) is 75.5 Å². The van der Waals surface area contributed by atoms with E-state index >= 15 is 0 Å². The number of nitrogens with zero attached hydrogens (tertiary/aromatic N) is 4. The molecule has 4 rings (SSSR count). The van der Waals surface area contributed by atoms with E-state index < -0.39 is 22.2 Å². The molecule has 44 heavy (non-hydrogen) atoms. The molecule has 0 unspecified atom stereocenters. The maximum Gasteiger partial charge on any atom is 0.322 e. The molecule has 0 radical (unpaired) electrons. The highest BCUT2D eigenvalue weighted by Gasteiger charge is 2.33. The topological polar surface area (TPSA) is 135 Å². The highest BCUT2D eigenvalue weighted by Crippen LogP contribution is 2.19. The van der Waals surface area contributed by atoms with Gasteiger partial charge >= 0.3 is 5.97 Å². The highest BCUT2D eigenvalue weighted by atomic mass is 32.2. The summed E-state index contributed by atoms with van der Waals surface area (Å²) in [5.74, 6) is 4.35. The molecule has 0 spiro atoms. The Bertz CT molecular complexity index is 1620. The molecule has 1 fully saturated rings. The summed E-state index contributed by atoms with van der Waals surface area (Å²) in [6.07, 6.45) is 1.56. The average Bonchev–Trinajstić information content (AvgIpc) is 3.02. The fourth-order valence-electron chi connectivity index (χ4n) is 4.61. The Morgan fingerprint density at radius 2 is 1.59 bits per heavy atom. The molecule has 0 aliphatic carbocycles. The van der Waals surface area contributed by atoms with Crippen LogP contribution < -0.4 is 19.8 Å². The van der Waals surface area contributed by atoms with Crippen LogP contribution in [0, 0.1) is 17.8 Å². The molecule has 1 saturated heterocycles. The molecule has 1 aromatic heterocycles. The van der Waals surface area contributed by atoms with Gasteiger partial charge in [-0.05, 0) is 60.0 Å². The van der Waals surface area contributed by atoms with E-state index in [9.17, 15) is 23.1 Å². The van der Waals surface area contributed by atoms with Gasteiger partial charge in [-0.15, -0.1) is 0 Å². The molecule has 0 bridgehead atoms. The first-order valence-electron chi connectivity index (χ1n) is 14.3. The molecule has 12 heteroatoms. The Morgan fingerprint density at radius 3 is 2.18 bits per heavy atom.